The fourth-order valence-corrected chi connectivity index (χ4v) is 2.58. The number of imidazole rings is 1. The van der Waals surface area contributed by atoms with Crippen LogP contribution in [0.4, 0.5) is 0 Å². The molecule has 0 unspecified atom stereocenters. The lowest BCUT2D eigenvalue weighted by Crippen LogP contribution is -2.27. The minimum absolute atomic E-state index is 0.228. The van der Waals surface area contributed by atoms with Gasteiger partial charge in [-0.15, -0.1) is 0 Å². The van der Waals surface area contributed by atoms with Crippen molar-refractivity contribution in [2.24, 2.45) is 0 Å². The van der Waals surface area contributed by atoms with E-state index in [0.29, 0.717) is 23.6 Å². The van der Waals surface area contributed by atoms with Crippen molar-refractivity contribution in [2.45, 2.75) is 19.9 Å². The van der Waals surface area contributed by atoms with Crippen LogP contribution >= 0.6 is 12.2 Å². The SMILES string of the molecule is CCn1c(CCNC(=O)c2nc3ccccc3[nH]2)n[nH]c1=S. The third-order valence-corrected chi connectivity index (χ3v) is 3.70. The third kappa shape index (κ3) is 2.77. The molecule has 0 saturated heterocycles. The molecule has 1 aromatic carbocycles. The number of benzene rings is 1. The van der Waals surface area contributed by atoms with Gasteiger partial charge >= 0.3 is 0 Å². The number of rotatable bonds is 5. The van der Waals surface area contributed by atoms with Crippen LogP contribution in [0.5, 0.6) is 0 Å². The number of H-pyrrole nitrogens is 2. The Balaban J connectivity index is 1.63. The molecule has 22 heavy (non-hydrogen) atoms. The topological polar surface area (TPSA) is 91.4 Å². The number of carbonyl (C=O) groups is 1. The molecule has 0 aliphatic rings. The molecule has 0 aliphatic heterocycles. The maximum atomic E-state index is 12.1. The van der Waals surface area contributed by atoms with Gasteiger partial charge in [0.05, 0.1) is 11.0 Å². The molecule has 2 heterocycles. The van der Waals surface area contributed by atoms with E-state index in [1.54, 1.807) is 0 Å². The van der Waals surface area contributed by atoms with Crippen molar-refractivity contribution in [1.82, 2.24) is 30.0 Å². The zero-order chi connectivity index (χ0) is 15.5. The molecule has 1 amide bonds. The fraction of sp³-hybridized carbons (Fsp3) is 0.286. The molecule has 8 heteroatoms. The first kappa shape index (κ1) is 14.5. The van der Waals surface area contributed by atoms with Gasteiger partial charge in [0.2, 0.25) is 0 Å². The average Bonchev–Trinajstić information content (AvgIpc) is 3.10. The lowest BCUT2D eigenvalue weighted by atomic mass is 10.3. The summed E-state index contributed by atoms with van der Waals surface area (Å²) in [6, 6.07) is 7.54. The molecule has 3 N–H and O–H groups in total. The van der Waals surface area contributed by atoms with Crippen molar-refractivity contribution in [3.8, 4) is 0 Å². The Hall–Kier alpha value is -2.48. The van der Waals surface area contributed by atoms with Crippen LogP contribution in [0.15, 0.2) is 24.3 Å². The minimum atomic E-state index is -0.228. The predicted molar refractivity (Wildman–Crippen MR) is 85.2 cm³/mol. The van der Waals surface area contributed by atoms with E-state index in [0.717, 1.165) is 23.4 Å². The van der Waals surface area contributed by atoms with Gasteiger partial charge in [0.15, 0.2) is 10.6 Å². The van der Waals surface area contributed by atoms with Gasteiger partial charge in [-0.25, -0.2) is 4.98 Å². The molecular weight excluding hydrogens is 300 g/mol. The molecule has 0 saturated carbocycles. The summed E-state index contributed by atoms with van der Waals surface area (Å²) in [4.78, 5) is 19.4. The monoisotopic (exact) mass is 316 g/mol. The second-order valence-electron chi connectivity index (χ2n) is 4.80. The van der Waals surface area contributed by atoms with Crippen LogP contribution in [0, 0.1) is 4.77 Å². The van der Waals surface area contributed by atoms with Crippen molar-refractivity contribution in [1.29, 1.82) is 0 Å². The van der Waals surface area contributed by atoms with Crippen LogP contribution in [0.2, 0.25) is 0 Å². The molecule has 0 spiro atoms. The number of nitrogens with one attached hydrogen (secondary N) is 3. The molecule has 114 valence electrons. The normalized spacial score (nSPS) is 11.0. The van der Waals surface area contributed by atoms with Crippen molar-refractivity contribution in [2.75, 3.05) is 6.54 Å². The number of aromatic nitrogens is 5. The second kappa shape index (κ2) is 6.10. The molecule has 0 bridgehead atoms. The lowest BCUT2D eigenvalue weighted by molar-refractivity contribution is 0.0945. The first-order chi connectivity index (χ1) is 10.7. The molecule has 2 aromatic heterocycles. The largest absolute Gasteiger partial charge is 0.349 e. The zero-order valence-corrected chi connectivity index (χ0v) is 12.9. The van der Waals surface area contributed by atoms with Crippen LogP contribution in [0.3, 0.4) is 0 Å². The number of fused-ring (bicyclic) bond motifs is 1. The summed E-state index contributed by atoms with van der Waals surface area (Å²) in [5.41, 5.74) is 1.62. The second-order valence-corrected chi connectivity index (χ2v) is 5.18. The molecule has 3 aromatic rings. The van der Waals surface area contributed by atoms with Crippen molar-refractivity contribution in [3.05, 3.63) is 40.7 Å². The summed E-state index contributed by atoms with van der Waals surface area (Å²) in [6.07, 6.45) is 0.604. The molecular formula is C14H16N6OS. The van der Waals surface area contributed by atoms with Crippen LogP contribution in [0.1, 0.15) is 23.4 Å². The summed E-state index contributed by atoms with van der Waals surface area (Å²) in [7, 11) is 0. The maximum absolute atomic E-state index is 12.1. The van der Waals surface area contributed by atoms with Crippen LogP contribution in [-0.4, -0.2) is 37.2 Å². The van der Waals surface area contributed by atoms with Gasteiger partial charge in [-0.2, -0.15) is 5.10 Å². The van der Waals surface area contributed by atoms with Gasteiger partial charge < -0.3 is 14.9 Å². The standard InChI is InChI=1S/C14H16N6OS/c1-2-20-11(18-19-14(20)22)7-8-15-13(21)12-16-9-5-3-4-6-10(9)17-12/h3-6H,2,7-8H2,1H3,(H,15,21)(H,16,17)(H,19,22). The van der Waals surface area contributed by atoms with E-state index >= 15 is 0 Å². The Morgan fingerprint density at radius 3 is 3.00 bits per heavy atom. The number of para-hydroxylation sites is 2. The van der Waals surface area contributed by atoms with E-state index in [1.807, 2.05) is 35.8 Å². The highest BCUT2D eigenvalue weighted by Gasteiger charge is 2.11. The number of hydrogen-bond acceptors (Lipinski definition) is 4. The van der Waals surface area contributed by atoms with Crippen molar-refractivity contribution >= 4 is 29.2 Å². The van der Waals surface area contributed by atoms with Crippen LogP contribution in [0.25, 0.3) is 11.0 Å². The van der Waals surface area contributed by atoms with E-state index in [2.05, 4.69) is 25.5 Å². The van der Waals surface area contributed by atoms with Gasteiger partial charge in [-0.1, -0.05) is 12.1 Å². The molecule has 3 rings (SSSR count). The van der Waals surface area contributed by atoms with E-state index in [9.17, 15) is 4.79 Å². The number of aromatic amines is 2. The molecule has 7 nitrogen and oxygen atoms in total. The van der Waals surface area contributed by atoms with Crippen LogP contribution in [-0.2, 0) is 13.0 Å². The summed E-state index contributed by atoms with van der Waals surface area (Å²) < 4.78 is 2.50. The number of carbonyl (C=O) groups excluding carboxylic acids is 1. The lowest BCUT2D eigenvalue weighted by Gasteiger charge is -2.04. The number of nitrogens with zero attached hydrogens (tertiary/aromatic N) is 3. The average molecular weight is 316 g/mol. The van der Waals surface area contributed by atoms with Gasteiger partial charge in [0, 0.05) is 19.5 Å². The van der Waals surface area contributed by atoms with Crippen molar-refractivity contribution in [3.63, 3.8) is 0 Å². The Kier molecular flexibility index (Phi) is 4.01. The predicted octanol–water partition coefficient (Wildman–Crippen LogP) is 1.81. The minimum Gasteiger partial charge on any atom is -0.349 e. The summed E-state index contributed by atoms with van der Waals surface area (Å²) in [5.74, 6) is 0.918. The van der Waals surface area contributed by atoms with Gasteiger partial charge in [0.25, 0.3) is 5.91 Å². The zero-order valence-electron chi connectivity index (χ0n) is 12.1. The molecule has 0 radical (unpaired) electrons. The number of hydrogen-bond donors (Lipinski definition) is 3. The quantitative estimate of drug-likeness (QED) is 0.626. The summed E-state index contributed by atoms with van der Waals surface area (Å²) in [6.45, 7) is 3.22. The first-order valence-corrected chi connectivity index (χ1v) is 7.47. The van der Waals surface area contributed by atoms with Gasteiger partial charge in [0.1, 0.15) is 5.82 Å². The maximum Gasteiger partial charge on any atom is 0.287 e. The highest BCUT2D eigenvalue weighted by atomic mass is 32.1. The summed E-state index contributed by atoms with van der Waals surface area (Å²) >= 11 is 5.13. The highest BCUT2D eigenvalue weighted by Crippen LogP contribution is 2.10. The Morgan fingerprint density at radius 2 is 2.23 bits per heavy atom. The smallest absolute Gasteiger partial charge is 0.287 e. The van der Waals surface area contributed by atoms with Crippen LogP contribution < -0.4 is 5.32 Å². The number of amides is 1. The third-order valence-electron chi connectivity index (χ3n) is 3.39. The highest BCUT2D eigenvalue weighted by molar-refractivity contribution is 7.71. The molecule has 0 fully saturated rings. The Labute approximate surface area is 131 Å². The Bertz CT molecular complexity index is 828. The summed E-state index contributed by atoms with van der Waals surface area (Å²) in [5, 5.41) is 9.76. The Morgan fingerprint density at radius 1 is 1.41 bits per heavy atom. The van der Waals surface area contributed by atoms with E-state index in [1.165, 1.54) is 0 Å². The van der Waals surface area contributed by atoms with E-state index in [-0.39, 0.29) is 5.91 Å². The molecule has 0 aliphatic carbocycles. The molecule has 0 atom stereocenters. The van der Waals surface area contributed by atoms with Gasteiger partial charge in [-0.05, 0) is 31.3 Å². The fourth-order valence-electron chi connectivity index (χ4n) is 2.30. The first-order valence-electron chi connectivity index (χ1n) is 7.06. The van der Waals surface area contributed by atoms with Crippen molar-refractivity contribution < 1.29 is 4.79 Å². The van der Waals surface area contributed by atoms with E-state index < -0.39 is 0 Å². The van der Waals surface area contributed by atoms with E-state index in [4.69, 9.17) is 12.2 Å². The van der Waals surface area contributed by atoms with Gasteiger partial charge in [-0.3, -0.25) is 9.89 Å².